The monoisotopic (exact) mass is 691 g/mol. The van der Waals surface area contributed by atoms with E-state index in [-0.39, 0.29) is 0 Å². The van der Waals surface area contributed by atoms with E-state index >= 15 is 0 Å². The van der Waals surface area contributed by atoms with E-state index in [1.807, 2.05) is 0 Å². The summed E-state index contributed by atoms with van der Waals surface area (Å²) < 4.78 is 0. The first-order valence-electron chi connectivity index (χ1n) is 14.2. The molecule has 0 spiro atoms. The molecule has 0 aromatic heterocycles. The third-order valence-corrected chi connectivity index (χ3v) is 34.2. The first kappa shape index (κ1) is 30.8. The molecule has 5 heteroatoms. The Hall–Kier alpha value is -3.69. The van der Waals surface area contributed by atoms with Crippen molar-refractivity contribution in [3.05, 3.63) is 182 Å². The van der Waals surface area contributed by atoms with Gasteiger partial charge in [0.1, 0.15) is 0 Å². The van der Waals surface area contributed by atoms with Gasteiger partial charge in [0.2, 0.25) is 0 Å². The fourth-order valence-electron chi connectivity index (χ4n) is 5.40. The predicted octanol–water partition coefficient (Wildman–Crippen LogP) is 5.11. The van der Waals surface area contributed by atoms with E-state index in [2.05, 4.69) is 182 Å². The number of carbonyl (C=O) groups is 1. The molecule has 0 saturated heterocycles. The summed E-state index contributed by atoms with van der Waals surface area (Å²) in [4.78, 5) is 8.89. The molecule has 43 heavy (non-hydrogen) atoms. The predicted molar refractivity (Wildman–Crippen MR) is 184 cm³/mol. The molecule has 0 saturated carbocycles. The van der Waals surface area contributed by atoms with E-state index in [1.165, 1.54) is 31.8 Å². The van der Waals surface area contributed by atoms with Crippen LogP contribution in [0.25, 0.3) is 0 Å². The van der Waals surface area contributed by atoms with Crippen LogP contribution in [0.3, 0.4) is 0 Å². The Labute approximate surface area is 263 Å². The first-order chi connectivity index (χ1) is 21.1. The van der Waals surface area contributed by atoms with Gasteiger partial charge in [-0.1, -0.05) is 0 Å². The minimum absolute atomic E-state index is 0.381. The van der Waals surface area contributed by atoms with Crippen molar-refractivity contribution in [3.8, 4) is 0 Å². The van der Waals surface area contributed by atoms with Crippen molar-refractivity contribution in [1.82, 2.24) is 0 Å². The summed E-state index contributed by atoms with van der Waals surface area (Å²) in [6.07, 6.45) is 0. The second-order valence-electron chi connectivity index (χ2n) is 9.99. The molecule has 0 aliphatic heterocycles. The summed E-state index contributed by atoms with van der Waals surface area (Å²) in [5, 5.41) is 17.8. The molecule has 0 amide bonds. The Morgan fingerprint density at radius 2 is 0.535 bits per heavy atom. The number of aliphatic carboxylic acids is 1. The topological polar surface area (TPSA) is 40.1 Å². The summed E-state index contributed by atoms with van der Waals surface area (Å²) in [6, 6.07) is 68.4. The van der Waals surface area contributed by atoms with Gasteiger partial charge < -0.3 is 9.90 Å². The summed E-state index contributed by atoms with van der Waals surface area (Å²) in [6.45, 7) is 0.972. The van der Waals surface area contributed by atoms with Gasteiger partial charge in [0, 0.05) is 5.97 Å². The van der Waals surface area contributed by atoms with Gasteiger partial charge in [-0.25, -0.2) is 0 Å². The number of carbonyl (C=O) groups excluding carboxylic acids is 1. The van der Waals surface area contributed by atoms with Crippen molar-refractivity contribution in [1.29, 1.82) is 0 Å². The fourth-order valence-corrected chi connectivity index (χ4v) is 39.4. The van der Waals surface area contributed by atoms with Gasteiger partial charge in [0.05, 0.1) is 0 Å². The van der Waals surface area contributed by atoms with Gasteiger partial charge in [0.25, 0.3) is 0 Å². The van der Waals surface area contributed by atoms with E-state index in [9.17, 15) is 0 Å². The molecule has 0 aliphatic carbocycles. The zero-order valence-corrected chi connectivity index (χ0v) is 27.5. The second-order valence-corrected chi connectivity index (χ2v) is 27.0. The van der Waals surface area contributed by atoms with Crippen molar-refractivity contribution in [2.24, 2.45) is 0 Å². The normalized spacial score (nSPS) is 12.0. The average molecular weight is 692 g/mol. The number of carboxylic acid groups (broad SMARTS) is 1. The molecular weight excluding hydrogens is 657 g/mol. The van der Waals surface area contributed by atoms with Crippen LogP contribution < -0.4 is 36.9 Å². The Morgan fingerprint density at radius 3 is 0.674 bits per heavy atom. The van der Waals surface area contributed by atoms with Crippen LogP contribution >= 0.6 is 10.9 Å². The van der Waals surface area contributed by atoms with Gasteiger partial charge >= 0.3 is 242 Å². The van der Waals surface area contributed by atoms with Gasteiger partial charge in [-0.05, 0) is 6.92 Å². The minimum atomic E-state index is -2.50. The number of hydrogen-bond donors (Lipinski definition) is 0. The van der Waals surface area contributed by atoms with Crippen LogP contribution in [0.15, 0.2) is 182 Å². The van der Waals surface area contributed by atoms with Crippen LogP contribution in [0.5, 0.6) is 0 Å². The molecule has 0 heterocycles. The quantitative estimate of drug-likeness (QED) is 0.165. The number of hydrogen-bond acceptors (Lipinski definition) is 2. The van der Waals surface area contributed by atoms with E-state index in [0.717, 1.165) is 6.92 Å². The van der Waals surface area contributed by atoms with Crippen LogP contribution in [0.2, 0.25) is 0 Å². The average Bonchev–Trinajstić information content (AvgIpc) is 3.08. The van der Waals surface area contributed by atoms with E-state index in [1.54, 1.807) is 0 Å². The van der Waals surface area contributed by atoms with Crippen molar-refractivity contribution in [2.45, 2.75) is 6.92 Å². The van der Waals surface area contributed by atoms with Crippen LogP contribution in [0.1, 0.15) is 6.92 Å². The number of carboxylic acids is 1. The molecule has 0 bridgehead atoms. The molecule has 0 fully saturated rings. The first-order valence-corrected chi connectivity index (χ1v) is 22.5. The summed E-state index contributed by atoms with van der Waals surface area (Å²) in [7, 11) is 0. The van der Waals surface area contributed by atoms with Gasteiger partial charge in [-0.15, -0.1) is 0 Å². The van der Waals surface area contributed by atoms with Gasteiger partial charge in [-0.2, -0.15) is 0 Å². The SMILES string of the molecule is CC(=O)[O-].c1ccc([PH]([Pd+][PH](c2ccccc2)(c2ccccc2)c2ccccc2)(c2ccccc2)c2ccccc2)cc1. The molecule has 6 rings (SSSR count). The molecule has 0 unspecified atom stereocenters. The Bertz CT molecular complexity index is 1380. The number of rotatable bonds is 8. The fraction of sp³-hybridized carbons (Fsp3) is 0.0263. The second kappa shape index (κ2) is 14.7. The van der Waals surface area contributed by atoms with Crippen molar-refractivity contribution >= 4 is 48.7 Å². The Balaban J connectivity index is 0.000000868. The molecule has 2 nitrogen and oxygen atoms in total. The summed E-state index contributed by atoms with van der Waals surface area (Å²) >= 11 is 0.381. The zero-order valence-electron chi connectivity index (χ0n) is 24.0. The van der Waals surface area contributed by atoms with Crippen LogP contribution in [-0.2, 0) is 21.8 Å². The third-order valence-electron chi connectivity index (χ3n) is 7.16. The maximum absolute atomic E-state index is 8.89. The van der Waals surface area contributed by atoms with E-state index in [4.69, 9.17) is 9.90 Å². The molecule has 219 valence electrons. The van der Waals surface area contributed by atoms with Gasteiger partial charge in [-0.3, -0.25) is 0 Å². The zero-order chi connectivity index (χ0) is 30.0. The molecule has 0 atom stereocenters. The Morgan fingerprint density at radius 1 is 0.395 bits per heavy atom. The third kappa shape index (κ3) is 6.78. The van der Waals surface area contributed by atoms with Gasteiger partial charge in [0.15, 0.2) is 0 Å². The Kier molecular flexibility index (Phi) is 10.5. The van der Waals surface area contributed by atoms with Crippen LogP contribution in [-0.4, -0.2) is 5.97 Å². The summed E-state index contributed by atoms with van der Waals surface area (Å²) in [5.41, 5.74) is -4.99. The number of benzene rings is 6. The summed E-state index contributed by atoms with van der Waals surface area (Å²) in [5.74, 6) is -1.08. The molecular formula is C38H35O2P2Pd. The van der Waals surface area contributed by atoms with Crippen molar-refractivity contribution < 1.29 is 26.9 Å². The molecule has 6 aromatic carbocycles. The molecule has 0 aliphatic rings. The maximum atomic E-state index is 8.89. The van der Waals surface area contributed by atoms with Crippen molar-refractivity contribution in [3.63, 3.8) is 0 Å². The van der Waals surface area contributed by atoms with Crippen molar-refractivity contribution in [2.75, 3.05) is 0 Å². The molecule has 6 aromatic rings. The van der Waals surface area contributed by atoms with Crippen LogP contribution in [0.4, 0.5) is 0 Å². The van der Waals surface area contributed by atoms with Crippen LogP contribution in [0, 0.1) is 0 Å². The molecule has 0 radical (unpaired) electrons. The van der Waals surface area contributed by atoms with E-state index < -0.39 is 16.9 Å². The van der Waals surface area contributed by atoms with E-state index in [0.29, 0.717) is 17.0 Å². The standard InChI is InChI=1S/2C18H15P.C2H4O2.Pd/c2*1-4-10-16(11-5-1)19(17-12-6-2-7-13-17)18-14-8-3-9-15-18;1-2(3)4;/h2*1-15H;1H3,(H,3,4);/q;;;-1/p+1. The molecule has 0 N–H and O–H groups in total.